The maximum Gasteiger partial charge on any atom is 0.314 e. The minimum atomic E-state index is -0.119. The molecular weight excluding hydrogens is 282 g/mol. The first kappa shape index (κ1) is 15.5. The van der Waals surface area contributed by atoms with E-state index in [1.807, 2.05) is 11.4 Å². The van der Waals surface area contributed by atoms with Crippen LogP contribution in [0.1, 0.15) is 29.0 Å². The molecule has 2 rings (SSSR count). The number of urea groups is 1. The van der Waals surface area contributed by atoms with Crippen LogP contribution < -0.4 is 10.6 Å². The Hall–Kier alpha value is -1.88. The summed E-state index contributed by atoms with van der Waals surface area (Å²) in [7, 11) is 0. The predicted octanol–water partition coefficient (Wildman–Crippen LogP) is 3.10. The fourth-order valence-electron chi connectivity index (χ4n) is 2.06. The number of hydrogen-bond acceptors (Lipinski definition) is 3. The Balaban J connectivity index is 1.66. The Bertz CT molecular complexity index is 569. The summed E-state index contributed by atoms with van der Waals surface area (Å²) in [4.78, 5) is 16.0. The van der Waals surface area contributed by atoms with Crippen molar-refractivity contribution in [1.82, 2.24) is 15.6 Å². The van der Waals surface area contributed by atoms with Crippen molar-refractivity contribution in [3.05, 3.63) is 52.0 Å². The van der Waals surface area contributed by atoms with E-state index in [2.05, 4.69) is 47.7 Å². The molecule has 0 fully saturated rings. The molecule has 0 unspecified atom stereocenters. The summed E-state index contributed by atoms with van der Waals surface area (Å²) in [5.74, 6) is 0.243. The smallest absolute Gasteiger partial charge is 0.314 e. The van der Waals surface area contributed by atoms with E-state index >= 15 is 0 Å². The molecular formula is C16H21N3OS. The van der Waals surface area contributed by atoms with Crippen molar-refractivity contribution < 1.29 is 4.79 Å². The second-order valence-electron chi connectivity index (χ2n) is 5.15. The Kier molecular flexibility index (Phi) is 5.75. The van der Waals surface area contributed by atoms with Gasteiger partial charge in [-0.1, -0.05) is 36.8 Å². The first-order valence-electron chi connectivity index (χ1n) is 7.12. The molecule has 1 aromatic heterocycles. The van der Waals surface area contributed by atoms with Crippen LogP contribution in [0.15, 0.2) is 35.8 Å². The van der Waals surface area contributed by atoms with Gasteiger partial charge in [0.2, 0.25) is 0 Å². The van der Waals surface area contributed by atoms with E-state index in [0.717, 1.165) is 11.4 Å². The molecule has 2 aromatic rings. The van der Waals surface area contributed by atoms with Crippen molar-refractivity contribution in [1.29, 1.82) is 0 Å². The van der Waals surface area contributed by atoms with Gasteiger partial charge in [-0.05, 0) is 18.9 Å². The summed E-state index contributed by atoms with van der Waals surface area (Å²) in [6.07, 6.45) is 2.63. The maximum absolute atomic E-state index is 11.7. The minimum absolute atomic E-state index is 0.119. The molecule has 1 atom stereocenters. The molecule has 0 saturated carbocycles. The minimum Gasteiger partial charge on any atom is -0.338 e. The molecule has 1 heterocycles. The number of aryl methyl sites for hydroxylation is 1. The van der Waals surface area contributed by atoms with Gasteiger partial charge in [0.15, 0.2) is 0 Å². The van der Waals surface area contributed by atoms with Crippen LogP contribution in [0.3, 0.4) is 0 Å². The first-order chi connectivity index (χ1) is 10.1. The van der Waals surface area contributed by atoms with Gasteiger partial charge in [0, 0.05) is 30.6 Å². The molecule has 1 aromatic carbocycles. The van der Waals surface area contributed by atoms with Gasteiger partial charge in [-0.25, -0.2) is 9.78 Å². The van der Waals surface area contributed by atoms with Crippen LogP contribution in [0.5, 0.6) is 0 Å². The van der Waals surface area contributed by atoms with E-state index in [1.165, 1.54) is 11.1 Å². The highest BCUT2D eigenvalue weighted by Crippen LogP contribution is 2.16. The van der Waals surface area contributed by atoms with E-state index in [4.69, 9.17) is 0 Å². The molecule has 0 aliphatic heterocycles. The van der Waals surface area contributed by atoms with Crippen molar-refractivity contribution in [2.45, 2.75) is 26.2 Å². The predicted molar refractivity (Wildman–Crippen MR) is 86.8 cm³/mol. The standard InChI is InChI=1S/C16H21N3OS/c1-12-4-3-5-14(10-12)6-7-18-16(20)19-11-13(2)15-17-8-9-21-15/h3-5,8-10,13H,6-7,11H2,1-2H3,(H2,18,19,20)/t13-/m1/s1. The summed E-state index contributed by atoms with van der Waals surface area (Å²) in [6, 6.07) is 8.22. The molecule has 0 spiro atoms. The number of benzene rings is 1. The molecule has 0 radical (unpaired) electrons. The zero-order valence-electron chi connectivity index (χ0n) is 12.4. The molecule has 0 bridgehead atoms. The highest BCUT2D eigenvalue weighted by molar-refractivity contribution is 7.09. The number of thiazole rings is 1. The average Bonchev–Trinajstić information content (AvgIpc) is 2.99. The highest BCUT2D eigenvalue weighted by Gasteiger charge is 2.09. The third-order valence-electron chi connectivity index (χ3n) is 3.22. The van der Waals surface area contributed by atoms with E-state index in [-0.39, 0.29) is 11.9 Å². The van der Waals surface area contributed by atoms with Crippen molar-refractivity contribution in [3.63, 3.8) is 0 Å². The van der Waals surface area contributed by atoms with Crippen LogP contribution in [-0.4, -0.2) is 24.1 Å². The van der Waals surface area contributed by atoms with Crippen molar-refractivity contribution >= 4 is 17.4 Å². The zero-order valence-corrected chi connectivity index (χ0v) is 13.2. The summed E-state index contributed by atoms with van der Waals surface area (Å²) < 4.78 is 0. The lowest BCUT2D eigenvalue weighted by atomic mass is 10.1. The fraction of sp³-hybridized carbons (Fsp3) is 0.375. The van der Waals surface area contributed by atoms with Crippen LogP contribution in [0.25, 0.3) is 0 Å². The summed E-state index contributed by atoms with van der Waals surface area (Å²) in [6.45, 7) is 5.38. The highest BCUT2D eigenvalue weighted by atomic mass is 32.1. The van der Waals surface area contributed by atoms with Gasteiger partial charge in [-0.15, -0.1) is 11.3 Å². The molecule has 5 heteroatoms. The number of carbonyl (C=O) groups excluding carboxylic acids is 1. The lowest BCUT2D eigenvalue weighted by Crippen LogP contribution is -2.38. The molecule has 21 heavy (non-hydrogen) atoms. The number of aromatic nitrogens is 1. The van der Waals surface area contributed by atoms with E-state index < -0.39 is 0 Å². The van der Waals surface area contributed by atoms with Gasteiger partial charge >= 0.3 is 6.03 Å². The Morgan fingerprint density at radius 2 is 2.24 bits per heavy atom. The van der Waals surface area contributed by atoms with E-state index in [1.54, 1.807) is 17.5 Å². The van der Waals surface area contributed by atoms with Crippen LogP contribution in [-0.2, 0) is 6.42 Å². The van der Waals surface area contributed by atoms with Crippen molar-refractivity contribution in [3.8, 4) is 0 Å². The lowest BCUT2D eigenvalue weighted by molar-refractivity contribution is 0.240. The summed E-state index contributed by atoms with van der Waals surface area (Å²) in [5, 5.41) is 8.77. The Labute approximate surface area is 129 Å². The number of nitrogens with zero attached hydrogens (tertiary/aromatic N) is 1. The summed E-state index contributed by atoms with van der Waals surface area (Å²) >= 11 is 1.62. The van der Waals surface area contributed by atoms with Gasteiger partial charge in [0.1, 0.15) is 0 Å². The summed E-state index contributed by atoms with van der Waals surface area (Å²) in [5.41, 5.74) is 2.49. The van der Waals surface area contributed by atoms with Gasteiger partial charge < -0.3 is 10.6 Å². The first-order valence-corrected chi connectivity index (χ1v) is 8.00. The molecule has 2 N–H and O–H groups in total. The molecule has 0 aliphatic carbocycles. The number of amides is 2. The average molecular weight is 303 g/mol. The quantitative estimate of drug-likeness (QED) is 0.861. The van der Waals surface area contributed by atoms with E-state index in [9.17, 15) is 4.79 Å². The van der Waals surface area contributed by atoms with Crippen LogP contribution in [0.4, 0.5) is 4.79 Å². The third kappa shape index (κ3) is 5.19. The SMILES string of the molecule is Cc1cccc(CCNC(=O)NC[C@@H](C)c2nccs2)c1. The molecule has 4 nitrogen and oxygen atoms in total. The molecule has 0 aliphatic rings. The Morgan fingerprint density at radius 3 is 2.95 bits per heavy atom. The maximum atomic E-state index is 11.7. The fourth-order valence-corrected chi connectivity index (χ4v) is 2.76. The van der Waals surface area contributed by atoms with Gasteiger partial charge in [-0.2, -0.15) is 0 Å². The third-order valence-corrected chi connectivity index (χ3v) is 4.23. The molecule has 112 valence electrons. The second-order valence-corrected chi connectivity index (χ2v) is 6.07. The normalized spacial score (nSPS) is 11.9. The number of nitrogens with one attached hydrogen (secondary N) is 2. The van der Waals surface area contributed by atoms with Gasteiger partial charge in [0.05, 0.1) is 5.01 Å². The monoisotopic (exact) mass is 303 g/mol. The van der Waals surface area contributed by atoms with Crippen LogP contribution in [0.2, 0.25) is 0 Å². The van der Waals surface area contributed by atoms with Crippen LogP contribution >= 0.6 is 11.3 Å². The van der Waals surface area contributed by atoms with E-state index in [0.29, 0.717) is 13.1 Å². The van der Waals surface area contributed by atoms with Crippen molar-refractivity contribution in [2.24, 2.45) is 0 Å². The lowest BCUT2D eigenvalue weighted by Gasteiger charge is -2.11. The largest absolute Gasteiger partial charge is 0.338 e. The molecule has 0 saturated heterocycles. The number of rotatable bonds is 6. The number of hydrogen-bond donors (Lipinski definition) is 2. The topological polar surface area (TPSA) is 54.0 Å². The van der Waals surface area contributed by atoms with Gasteiger partial charge in [0.25, 0.3) is 0 Å². The molecule has 2 amide bonds. The zero-order chi connectivity index (χ0) is 15.1. The van der Waals surface area contributed by atoms with Crippen LogP contribution in [0, 0.1) is 6.92 Å². The van der Waals surface area contributed by atoms with Crippen molar-refractivity contribution in [2.75, 3.05) is 13.1 Å². The van der Waals surface area contributed by atoms with Gasteiger partial charge in [-0.3, -0.25) is 0 Å². The Morgan fingerprint density at radius 1 is 1.38 bits per heavy atom. The second kappa shape index (κ2) is 7.78. The number of carbonyl (C=O) groups is 1.